The molecular formula is C22H19N3O4. The van der Waals surface area contributed by atoms with Crippen LogP contribution in [-0.2, 0) is 20.7 Å². The minimum atomic E-state index is -0.445. The number of allylic oxidation sites excluding steroid dienone is 2. The lowest BCUT2D eigenvalue weighted by molar-refractivity contribution is -0.115. The van der Waals surface area contributed by atoms with E-state index in [0.29, 0.717) is 40.7 Å². The Morgan fingerprint density at radius 2 is 2.07 bits per heavy atom. The minimum absolute atomic E-state index is 0.00410. The van der Waals surface area contributed by atoms with Crippen LogP contribution in [0.15, 0.2) is 48.4 Å². The molecule has 0 fully saturated rings. The summed E-state index contributed by atoms with van der Waals surface area (Å²) in [5.41, 5.74) is 3.66. The normalized spacial score (nSPS) is 13.6. The standard InChI is InChI=1S/C22H19N3O4/c1-2-29-22(28)17-11-23-21-19(17)20(24-12-25-21)15-5-3-4-13(8-15)9-18(27)14-6-7-16(26)10-14/h3-5,8,10-12H,2,6-7,9H2,1H3,(H,23,24,25). The number of benzene rings is 1. The van der Waals surface area contributed by atoms with Gasteiger partial charge in [-0.05, 0) is 36.6 Å². The summed E-state index contributed by atoms with van der Waals surface area (Å²) in [6.45, 7) is 2.02. The zero-order chi connectivity index (χ0) is 20.4. The van der Waals surface area contributed by atoms with Gasteiger partial charge in [-0.3, -0.25) is 9.59 Å². The molecule has 2 aromatic heterocycles. The summed E-state index contributed by atoms with van der Waals surface area (Å²) in [4.78, 5) is 47.7. The van der Waals surface area contributed by atoms with Gasteiger partial charge in [0.15, 0.2) is 11.6 Å². The van der Waals surface area contributed by atoms with E-state index in [9.17, 15) is 14.4 Å². The van der Waals surface area contributed by atoms with Crippen molar-refractivity contribution in [3.63, 3.8) is 0 Å². The molecule has 2 heterocycles. The first-order valence-electron chi connectivity index (χ1n) is 9.42. The molecule has 1 aliphatic rings. The molecule has 0 amide bonds. The van der Waals surface area contributed by atoms with Crippen molar-refractivity contribution in [2.45, 2.75) is 26.2 Å². The van der Waals surface area contributed by atoms with Crippen LogP contribution >= 0.6 is 0 Å². The fourth-order valence-corrected chi connectivity index (χ4v) is 3.50. The molecule has 29 heavy (non-hydrogen) atoms. The number of ketones is 2. The second-order valence-electron chi connectivity index (χ2n) is 6.80. The third-order valence-electron chi connectivity index (χ3n) is 4.86. The van der Waals surface area contributed by atoms with Crippen molar-refractivity contribution in [1.29, 1.82) is 0 Å². The fourth-order valence-electron chi connectivity index (χ4n) is 3.50. The molecule has 0 bridgehead atoms. The molecule has 4 rings (SSSR count). The molecule has 1 aromatic carbocycles. The van der Waals surface area contributed by atoms with Crippen LogP contribution in [-0.4, -0.2) is 39.1 Å². The van der Waals surface area contributed by atoms with Crippen molar-refractivity contribution in [1.82, 2.24) is 15.0 Å². The van der Waals surface area contributed by atoms with Crippen molar-refractivity contribution >= 4 is 28.6 Å². The molecule has 146 valence electrons. The Kier molecular flexibility index (Phi) is 5.03. The Hall–Kier alpha value is -3.61. The number of Topliss-reactive ketones (excluding diaryl/α,β-unsaturated/α-hetero) is 1. The molecular weight excluding hydrogens is 370 g/mol. The average Bonchev–Trinajstić information content (AvgIpc) is 3.34. The van der Waals surface area contributed by atoms with E-state index in [1.807, 2.05) is 24.3 Å². The van der Waals surface area contributed by atoms with Crippen molar-refractivity contribution in [2.75, 3.05) is 6.61 Å². The lowest BCUT2D eigenvalue weighted by atomic mass is 9.99. The summed E-state index contributed by atoms with van der Waals surface area (Å²) in [5.74, 6) is -0.488. The summed E-state index contributed by atoms with van der Waals surface area (Å²) in [5, 5.41) is 0.582. The topological polar surface area (TPSA) is 102 Å². The summed E-state index contributed by atoms with van der Waals surface area (Å²) < 4.78 is 5.13. The van der Waals surface area contributed by atoms with Gasteiger partial charge >= 0.3 is 5.97 Å². The Balaban J connectivity index is 1.70. The molecule has 0 atom stereocenters. The lowest BCUT2D eigenvalue weighted by Gasteiger charge is -2.08. The first-order valence-corrected chi connectivity index (χ1v) is 9.42. The SMILES string of the molecule is CCOC(=O)c1c[nH]c2ncnc(-c3cccc(CC(=O)C4=CC(=O)CC4)c3)c12. The predicted octanol–water partition coefficient (Wildman–Crippen LogP) is 3.20. The van der Waals surface area contributed by atoms with Gasteiger partial charge in [0.2, 0.25) is 0 Å². The van der Waals surface area contributed by atoms with Crippen LogP contribution in [0.2, 0.25) is 0 Å². The number of carbonyl (C=O) groups excluding carboxylic acids is 3. The highest BCUT2D eigenvalue weighted by atomic mass is 16.5. The predicted molar refractivity (Wildman–Crippen MR) is 106 cm³/mol. The maximum absolute atomic E-state index is 12.5. The maximum Gasteiger partial charge on any atom is 0.340 e. The lowest BCUT2D eigenvalue weighted by Crippen LogP contribution is -2.05. The maximum atomic E-state index is 12.5. The molecule has 0 unspecified atom stereocenters. The van der Waals surface area contributed by atoms with Crippen LogP contribution in [0.1, 0.15) is 35.7 Å². The highest BCUT2D eigenvalue weighted by Crippen LogP contribution is 2.29. The molecule has 0 saturated carbocycles. The largest absolute Gasteiger partial charge is 0.462 e. The van der Waals surface area contributed by atoms with E-state index in [1.54, 1.807) is 13.1 Å². The second-order valence-corrected chi connectivity index (χ2v) is 6.80. The van der Waals surface area contributed by atoms with Gasteiger partial charge in [-0.1, -0.05) is 18.2 Å². The van der Waals surface area contributed by atoms with E-state index in [4.69, 9.17) is 4.74 Å². The number of hydrogen-bond acceptors (Lipinski definition) is 6. The third kappa shape index (κ3) is 3.71. The molecule has 0 saturated heterocycles. The first-order chi connectivity index (χ1) is 14.1. The molecule has 0 radical (unpaired) electrons. The summed E-state index contributed by atoms with van der Waals surface area (Å²) in [7, 11) is 0. The number of rotatable bonds is 6. The number of H-pyrrole nitrogens is 1. The van der Waals surface area contributed by atoms with Gasteiger partial charge in [-0.15, -0.1) is 0 Å². The zero-order valence-corrected chi connectivity index (χ0v) is 15.9. The molecule has 1 N–H and O–H groups in total. The highest BCUT2D eigenvalue weighted by Gasteiger charge is 2.21. The van der Waals surface area contributed by atoms with Gasteiger partial charge in [-0.2, -0.15) is 0 Å². The molecule has 0 spiro atoms. The number of esters is 1. The van der Waals surface area contributed by atoms with E-state index < -0.39 is 5.97 Å². The van der Waals surface area contributed by atoms with Gasteiger partial charge < -0.3 is 9.72 Å². The number of nitrogens with zero attached hydrogens (tertiary/aromatic N) is 2. The Morgan fingerprint density at radius 3 is 2.83 bits per heavy atom. The van der Waals surface area contributed by atoms with Crippen LogP contribution in [0.25, 0.3) is 22.3 Å². The quantitative estimate of drug-likeness (QED) is 0.650. The number of carbonyl (C=O) groups is 3. The molecule has 0 aliphatic heterocycles. The number of fused-ring (bicyclic) bond motifs is 1. The summed E-state index contributed by atoms with van der Waals surface area (Å²) in [6.07, 6.45) is 5.57. The fraction of sp³-hybridized carbons (Fsp3) is 0.227. The van der Waals surface area contributed by atoms with Gasteiger partial charge in [0, 0.05) is 24.6 Å². The second kappa shape index (κ2) is 7.79. The number of hydrogen-bond donors (Lipinski definition) is 1. The van der Waals surface area contributed by atoms with Crippen molar-refractivity contribution in [3.8, 4) is 11.3 Å². The van der Waals surface area contributed by atoms with Crippen LogP contribution in [0, 0.1) is 0 Å². The first kappa shape index (κ1) is 18.7. The Morgan fingerprint density at radius 1 is 1.21 bits per heavy atom. The Labute approximate surface area is 166 Å². The number of aromatic amines is 1. The number of aromatic nitrogens is 3. The molecule has 1 aliphatic carbocycles. The number of nitrogens with one attached hydrogen (secondary N) is 1. The van der Waals surface area contributed by atoms with Crippen molar-refractivity contribution in [3.05, 3.63) is 59.6 Å². The highest BCUT2D eigenvalue weighted by molar-refractivity contribution is 6.08. The molecule has 3 aromatic rings. The van der Waals surface area contributed by atoms with Crippen LogP contribution < -0.4 is 0 Å². The van der Waals surface area contributed by atoms with Crippen LogP contribution in [0.3, 0.4) is 0 Å². The minimum Gasteiger partial charge on any atom is -0.462 e. The van der Waals surface area contributed by atoms with E-state index >= 15 is 0 Å². The summed E-state index contributed by atoms with van der Waals surface area (Å²) in [6, 6.07) is 7.45. The number of ether oxygens (including phenoxy) is 1. The monoisotopic (exact) mass is 389 g/mol. The third-order valence-corrected chi connectivity index (χ3v) is 4.86. The van der Waals surface area contributed by atoms with Gasteiger partial charge in [0.1, 0.15) is 12.0 Å². The smallest absolute Gasteiger partial charge is 0.340 e. The van der Waals surface area contributed by atoms with Crippen LogP contribution in [0.4, 0.5) is 0 Å². The average molecular weight is 389 g/mol. The van der Waals surface area contributed by atoms with E-state index in [0.717, 1.165) is 11.1 Å². The van der Waals surface area contributed by atoms with E-state index in [2.05, 4.69) is 15.0 Å². The zero-order valence-electron chi connectivity index (χ0n) is 15.9. The van der Waals surface area contributed by atoms with Crippen LogP contribution in [0.5, 0.6) is 0 Å². The van der Waals surface area contributed by atoms with E-state index in [1.165, 1.54) is 12.4 Å². The van der Waals surface area contributed by atoms with Gasteiger partial charge in [0.05, 0.1) is 23.3 Å². The Bertz CT molecular complexity index is 1160. The van der Waals surface area contributed by atoms with Gasteiger partial charge in [-0.25, -0.2) is 14.8 Å². The summed E-state index contributed by atoms with van der Waals surface area (Å²) >= 11 is 0. The van der Waals surface area contributed by atoms with Gasteiger partial charge in [0.25, 0.3) is 0 Å². The molecule has 7 nitrogen and oxygen atoms in total. The van der Waals surface area contributed by atoms with Crippen molar-refractivity contribution < 1.29 is 19.1 Å². The molecule has 7 heteroatoms. The van der Waals surface area contributed by atoms with E-state index in [-0.39, 0.29) is 24.6 Å². The van der Waals surface area contributed by atoms with Crippen molar-refractivity contribution in [2.24, 2.45) is 0 Å².